The lowest BCUT2D eigenvalue weighted by molar-refractivity contribution is 0.590. The number of hydrogen-bond donors (Lipinski definition) is 0. The minimum Gasteiger partial charge on any atom is -0.455 e. The number of nitrogens with zero attached hydrogens (tertiary/aromatic N) is 3. The van der Waals surface area contributed by atoms with Crippen molar-refractivity contribution in [1.29, 1.82) is 0 Å². The first-order valence-electron chi connectivity index (χ1n) is 37.1. The first kappa shape index (κ1) is 60.4. The molecule has 18 aromatic rings. The van der Waals surface area contributed by atoms with Gasteiger partial charge in [-0.1, -0.05) is 330 Å². The summed E-state index contributed by atoms with van der Waals surface area (Å²) in [7, 11) is 0. The lowest BCUT2D eigenvalue weighted by Crippen LogP contribution is -2.61. The number of anilines is 6. The molecule has 106 heavy (non-hydrogen) atoms. The first-order chi connectivity index (χ1) is 52.3. The van der Waals surface area contributed by atoms with Gasteiger partial charge in [-0.05, 0) is 148 Å². The van der Waals surface area contributed by atoms with Crippen molar-refractivity contribution in [2.75, 3.05) is 9.80 Å². The van der Waals surface area contributed by atoms with Crippen molar-refractivity contribution in [3.8, 4) is 83.6 Å². The third-order valence-electron chi connectivity index (χ3n) is 23.5. The van der Waals surface area contributed by atoms with Gasteiger partial charge in [0.05, 0.1) is 27.8 Å². The Morgan fingerprint density at radius 2 is 0.774 bits per heavy atom. The minimum atomic E-state index is -0.568. The zero-order chi connectivity index (χ0) is 70.1. The van der Waals surface area contributed by atoms with Crippen LogP contribution in [0.5, 0.6) is 0 Å². The van der Waals surface area contributed by atoms with Crippen molar-refractivity contribution in [3.05, 3.63) is 386 Å². The molecule has 0 bridgehead atoms. The summed E-state index contributed by atoms with van der Waals surface area (Å²) in [6.45, 7) is 6.87. The van der Waals surface area contributed by atoms with Crippen LogP contribution in [0.15, 0.2) is 362 Å². The van der Waals surface area contributed by atoms with Crippen LogP contribution >= 0.6 is 0 Å². The van der Waals surface area contributed by atoms with Gasteiger partial charge in [0.2, 0.25) is 0 Å². The fourth-order valence-electron chi connectivity index (χ4n) is 19.1. The highest BCUT2D eigenvalue weighted by Crippen LogP contribution is 2.65. The molecule has 5 heteroatoms. The van der Waals surface area contributed by atoms with E-state index in [9.17, 15) is 0 Å². The van der Waals surface area contributed by atoms with Gasteiger partial charge in [-0.3, -0.25) is 0 Å². The molecule has 2 aromatic heterocycles. The maximum Gasteiger partial charge on any atom is 0.252 e. The number of hydrogen-bond acceptors (Lipinski definition) is 3. The quantitative estimate of drug-likeness (QED) is 0.142. The number of benzene rings is 16. The Balaban J connectivity index is 0.884. The number of aromatic nitrogens is 1. The molecule has 2 aliphatic heterocycles. The van der Waals surface area contributed by atoms with Gasteiger partial charge in [0, 0.05) is 77.8 Å². The molecule has 4 heterocycles. The molecular formula is C101H68BN3O. The van der Waals surface area contributed by atoms with Crippen molar-refractivity contribution < 1.29 is 4.42 Å². The first-order valence-corrected chi connectivity index (χ1v) is 37.1. The average molecular weight is 1350 g/mol. The van der Waals surface area contributed by atoms with E-state index in [-0.39, 0.29) is 12.1 Å². The molecule has 0 saturated heterocycles. The van der Waals surface area contributed by atoms with Crippen LogP contribution in [0.25, 0.3) is 127 Å². The molecular weight excluding hydrogens is 1280 g/mol. The van der Waals surface area contributed by atoms with Crippen molar-refractivity contribution in [2.45, 2.75) is 31.6 Å². The summed E-state index contributed by atoms with van der Waals surface area (Å²) in [5, 5.41) is 4.71. The van der Waals surface area contributed by atoms with Crippen LogP contribution in [0, 0.1) is 0 Å². The highest BCUT2D eigenvalue weighted by Gasteiger charge is 2.53. The van der Waals surface area contributed by atoms with E-state index in [1.54, 1.807) is 0 Å². The van der Waals surface area contributed by atoms with Crippen molar-refractivity contribution in [1.82, 2.24) is 4.57 Å². The van der Waals surface area contributed by atoms with Gasteiger partial charge >= 0.3 is 0 Å². The number of fused-ring (bicyclic) bond motifs is 21. The zero-order valence-corrected chi connectivity index (χ0v) is 58.9. The Kier molecular flexibility index (Phi) is 13.0. The summed E-state index contributed by atoms with van der Waals surface area (Å²) in [4.78, 5) is 5.37. The maximum atomic E-state index is 6.99. The van der Waals surface area contributed by atoms with Gasteiger partial charge < -0.3 is 18.8 Å². The molecule has 2 aliphatic carbocycles. The van der Waals surface area contributed by atoms with Crippen LogP contribution in [-0.2, 0) is 10.8 Å². The molecule has 1 spiro atoms. The predicted octanol–water partition coefficient (Wildman–Crippen LogP) is 24.7. The Morgan fingerprint density at radius 1 is 0.311 bits per heavy atom. The van der Waals surface area contributed by atoms with Crippen molar-refractivity contribution in [3.63, 3.8) is 0 Å². The molecule has 16 aromatic carbocycles. The Bertz CT molecular complexity index is 6520. The van der Waals surface area contributed by atoms with Gasteiger partial charge in [-0.25, -0.2) is 0 Å². The monoisotopic (exact) mass is 1350 g/mol. The van der Waals surface area contributed by atoms with Gasteiger partial charge in [-0.2, -0.15) is 0 Å². The summed E-state index contributed by atoms with van der Waals surface area (Å²) < 4.78 is 9.58. The zero-order valence-electron chi connectivity index (χ0n) is 58.9. The Labute approximate surface area is 616 Å². The summed E-state index contributed by atoms with van der Waals surface area (Å²) in [5.41, 5.74) is 37.6. The second-order valence-electron chi connectivity index (χ2n) is 30.1. The molecule has 0 N–H and O–H groups in total. The highest BCUT2D eigenvalue weighted by atomic mass is 16.3. The SMILES string of the molecule is CC(C)(C)c1cc2c3c(c1)N(c1c(-c4ccccc4)cccc1-c1ccccc1)c1cc(-n4c5ccccc5c5c6c(ccc54)-c4ccccc4C64c5ccccc5-c5ccccc54)ccc1B3c1cc(-c3cccc4c3oc3ccccc34)ccc1N2c1c(-c2ccccc2)cccc1-c1ccccc1. The van der Waals surface area contributed by atoms with Gasteiger partial charge in [0.25, 0.3) is 6.71 Å². The molecule has 4 nitrogen and oxygen atoms in total. The maximum absolute atomic E-state index is 6.99. The Morgan fingerprint density at radius 3 is 1.34 bits per heavy atom. The Hall–Kier alpha value is -13.2. The summed E-state index contributed by atoms with van der Waals surface area (Å²) >= 11 is 0. The molecule has 0 saturated carbocycles. The van der Waals surface area contributed by atoms with Gasteiger partial charge in [0.15, 0.2) is 0 Å². The van der Waals surface area contributed by atoms with Crippen molar-refractivity contribution >= 4 is 101 Å². The summed E-state index contributed by atoms with van der Waals surface area (Å²) in [6.07, 6.45) is 0. The third kappa shape index (κ3) is 8.54. The van der Waals surface area contributed by atoms with E-state index < -0.39 is 5.41 Å². The van der Waals surface area contributed by atoms with Crippen LogP contribution in [-0.4, -0.2) is 11.3 Å². The fourth-order valence-corrected chi connectivity index (χ4v) is 19.1. The molecule has 0 atom stereocenters. The minimum absolute atomic E-state index is 0.282. The smallest absolute Gasteiger partial charge is 0.252 e. The van der Waals surface area contributed by atoms with Crippen LogP contribution in [0.1, 0.15) is 48.6 Å². The van der Waals surface area contributed by atoms with E-state index >= 15 is 0 Å². The molecule has 0 fully saturated rings. The number of para-hydroxylation sites is 5. The molecule has 4 aliphatic rings. The molecule has 496 valence electrons. The molecule has 0 unspecified atom stereocenters. The number of rotatable bonds is 8. The summed E-state index contributed by atoms with van der Waals surface area (Å²) in [6, 6.07) is 135. The number of furan rings is 1. The lowest BCUT2D eigenvalue weighted by Gasteiger charge is -2.46. The molecule has 0 radical (unpaired) electrons. The van der Waals surface area contributed by atoms with Crippen LogP contribution in [0.4, 0.5) is 34.1 Å². The van der Waals surface area contributed by atoms with E-state index in [1.165, 1.54) is 77.2 Å². The summed E-state index contributed by atoms with van der Waals surface area (Å²) in [5.74, 6) is 0. The second-order valence-corrected chi connectivity index (χ2v) is 30.1. The fraction of sp³-hybridized carbons (Fsp3) is 0.0495. The molecule has 22 rings (SSSR count). The van der Waals surface area contributed by atoms with Crippen LogP contribution in [0.2, 0.25) is 0 Å². The lowest BCUT2D eigenvalue weighted by atomic mass is 9.33. The average Bonchev–Trinajstić information content (AvgIpc) is 1.43. The van der Waals surface area contributed by atoms with Crippen LogP contribution < -0.4 is 26.2 Å². The van der Waals surface area contributed by atoms with E-state index in [1.807, 2.05) is 0 Å². The second kappa shape index (κ2) is 22.9. The van der Waals surface area contributed by atoms with E-state index in [2.05, 4.69) is 393 Å². The van der Waals surface area contributed by atoms with Gasteiger partial charge in [-0.15, -0.1) is 0 Å². The van der Waals surface area contributed by atoms with Crippen LogP contribution in [0.3, 0.4) is 0 Å². The van der Waals surface area contributed by atoms with E-state index in [0.29, 0.717) is 0 Å². The van der Waals surface area contributed by atoms with Crippen molar-refractivity contribution in [2.24, 2.45) is 0 Å². The van der Waals surface area contributed by atoms with E-state index in [4.69, 9.17) is 4.42 Å². The third-order valence-corrected chi connectivity index (χ3v) is 23.5. The molecule has 0 amide bonds. The highest BCUT2D eigenvalue weighted by molar-refractivity contribution is 7.00. The van der Waals surface area contributed by atoms with E-state index in [0.717, 1.165) is 128 Å². The van der Waals surface area contributed by atoms with Gasteiger partial charge in [0.1, 0.15) is 11.2 Å². The topological polar surface area (TPSA) is 24.6 Å². The normalized spacial score (nSPS) is 13.4. The largest absolute Gasteiger partial charge is 0.455 e. The standard InChI is InChI=1S/C101H68BN3O/c1-100(2,3)68-60-91-96-92(61-68)105(98-72(65-33-12-6-13-34-65)44-27-45-73(98)66-35-14-7-15-36-66)90-62-69(103-87-51-24-19-41-81(87)94-89(103)58-55-79-77-39-18-23-50-84(77)101(95(79)94)82-48-21-16-37-75(82)76-38-17-22-49-83(76)101)54-56-85(90)102(96)86-59-67(74-46-28-47-80-78-40-20-25-52-93(78)106-99(74)80)53-57-88(86)104(91)97-70(63-29-8-4-9-30-63)42-26-43-71(97)64-31-10-5-11-32-64/h4-62H,1-3H3. The predicted molar refractivity (Wildman–Crippen MR) is 444 cm³/mol.